The van der Waals surface area contributed by atoms with Crippen LogP contribution in [0.1, 0.15) is 19.3 Å². The first kappa shape index (κ1) is 9.31. The van der Waals surface area contributed by atoms with Crippen molar-refractivity contribution in [1.29, 1.82) is 0 Å². The molecule has 0 bridgehead atoms. The molecule has 1 fully saturated rings. The second-order valence-corrected chi connectivity index (χ2v) is 3.79. The van der Waals surface area contributed by atoms with Gasteiger partial charge >= 0.3 is 0 Å². The highest BCUT2D eigenvalue weighted by Gasteiger charge is 2.18. The van der Waals surface area contributed by atoms with Crippen molar-refractivity contribution in [1.82, 2.24) is 0 Å². The van der Waals surface area contributed by atoms with Crippen LogP contribution in [0.2, 0.25) is 0 Å². The van der Waals surface area contributed by atoms with E-state index >= 15 is 0 Å². The van der Waals surface area contributed by atoms with Gasteiger partial charge in [0.05, 0.1) is 12.3 Å². The molecule has 0 amide bonds. The van der Waals surface area contributed by atoms with E-state index in [9.17, 15) is 4.39 Å². The summed E-state index contributed by atoms with van der Waals surface area (Å²) in [7, 11) is 0. The fourth-order valence-electron chi connectivity index (χ4n) is 1.50. The fourth-order valence-corrected chi connectivity index (χ4v) is 1.50. The SMILES string of the molecule is Nc1ccc(F)cc1OCC1CCC1. The van der Waals surface area contributed by atoms with Gasteiger partial charge in [0, 0.05) is 6.07 Å². The van der Waals surface area contributed by atoms with Crippen molar-refractivity contribution in [2.24, 2.45) is 5.92 Å². The Hall–Kier alpha value is -1.25. The molecule has 2 N–H and O–H groups in total. The van der Waals surface area contributed by atoms with Gasteiger partial charge in [0.25, 0.3) is 0 Å². The van der Waals surface area contributed by atoms with Gasteiger partial charge in [0.2, 0.25) is 0 Å². The summed E-state index contributed by atoms with van der Waals surface area (Å²) < 4.78 is 18.3. The Labute approximate surface area is 82.9 Å². The topological polar surface area (TPSA) is 35.2 Å². The van der Waals surface area contributed by atoms with Crippen molar-refractivity contribution < 1.29 is 9.13 Å². The van der Waals surface area contributed by atoms with Crippen LogP contribution in [-0.4, -0.2) is 6.61 Å². The lowest BCUT2D eigenvalue weighted by Crippen LogP contribution is -2.19. The summed E-state index contributed by atoms with van der Waals surface area (Å²) >= 11 is 0. The number of ether oxygens (including phenoxy) is 1. The monoisotopic (exact) mass is 195 g/mol. The van der Waals surface area contributed by atoms with E-state index < -0.39 is 0 Å². The first-order valence-electron chi connectivity index (χ1n) is 4.93. The molecular weight excluding hydrogens is 181 g/mol. The van der Waals surface area contributed by atoms with Gasteiger partial charge in [0.1, 0.15) is 11.6 Å². The van der Waals surface area contributed by atoms with E-state index in [1.54, 1.807) is 0 Å². The number of rotatable bonds is 3. The number of anilines is 1. The number of nitrogens with two attached hydrogens (primary N) is 1. The zero-order valence-electron chi connectivity index (χ0n) is 8.00. The van der Waals surface area contributed by atoms with Gasteiger partial charge in [0.15, 0.2) is 0 Å². The van der Waals surface area contributed by atoms with E-state index in [1.165, 1.54) is 37.5 Å². The number of hydrogen-bond acceptors (Lipinski definition) is 2. The van der Waals surface area contributed by atoms with E-state index in [-0.39, 0.29) is 5.82 Å². The minimum atomic E-state index is -0.303. The molecule has 0 atom stereocenters. The van der Waals surface area contributed by atoms with E-state index in [0.717, 1.165) is 0 Å². The lowest BCUT2D eigenvalue weighted by Gasteiger charge is -2.25. The maximum atomic E-state index is 12.8. The average molecular weight is 195 g/mol. The third kappa shape index (κ3) is 1.97. The third-order valence-electron chi connectivity index (χ3n) is 2.67. The molecule has 0 saturated heterocycles. The molecule has 0 spiro atoms. The predicted molar refractivity (Wildman–Crippen MR) is 53.6 cm³/mol. The standard InChI is InChI=1S/C11H14FNO/c12-9-4-5-10(13)11(6-9)14-7-8-2-1-3-8/h4-6,8H,1-3,7,13H2. The van der Waals surface area contributed by atoms with Crippen LogP contribution in [-0.2, 0) is 0 Å². The molecule has 14 heavy (non-hydrogen) atoms. The first-order valence-corrected chi connectivity index (χ1v) is 4.93. The van der Waals surface area contributed by atoms with Gasteiger partial charge in [-0.05, 0) is 30.9 Å². The maximum absolute atomic E-state index is 12.8. The molecule has 1 aliphatic rings. The van der Waals surface area contributed by atoms with Crippen molar-refractivity contribution in [3.63, 3.8) is 0 Å². The van der Waals surface area contributed by atoms with E-state index in [4.69, 9.17) is 10.5 Å². The summed E-state index contributed by atoms with van der Waals surface area (Å²) in [5.74, 6) is 0.803. The Morgan fingerprint density at radius 1 is 1.43 bits per heavy atom. The van der Waals surface area contributed by atoms with Gasteiger partial charge < -0.3 is 10.5 Å². The summed E-state index contributed by atoms with van der Waals surface area (Å²) in [6.07, 6.45) is 3.72. The van der Waals surface area contributed by atoms with Gasteiger partial charge in [-0.1, -0.05) is 6.42 Å². The van der Waals surface area contributed by atoms with E-state index in [1.807, 2.05) is 0 Å². The van der Waals surface area contributed by atoms with Crippen LogP contribution in [0.25, 0.3) is 0 Å². The molecule has 2 nitrogen and oxygen atoms in total. The van der Waals surface area contributed by atoms with Crippen molar-refractivity contribution in [3.05, 3.63) is 24.0 Å². The summed E-state index contributed by atoms with van der Waals surface area (Å²) in [5.41, 5.74) is 6.15. The maximum Gasteiger partial charge on any atom is 0.145 e. The highest BCUT2D eigenvalue weighted by Crippen LogP contribution is 2.29. The largest absolute Gasteiger partial charge is 0.491 e. The molecule has 0 aromatic heterocycles. The lowest BCUT2D eigenvalue weighted by molar-refractivity contribution is 0.181. The van der Waals surface area contributed by atoms with Crippen LogP contribution >= 0.6 is 0 Å². The van der Waals surface area contributed by atoms with Crippen molar-refractivity contribution in [3.8, 4) is 5.75 Å². The van der Waals surface area contributed by atoms with Gasteiger partial charge in [-0.3, -0.25) is 0 Å². The normalized spacial score (nSPS) is 16.4. The molecule has 0 radical (unpaired) electrons. The molecule has 0 aliphatic heterocycles. The Balaban J connectivity index is 1.96. The molecule has 1 aromatic carbocycles. The summed E-state index contributed by atoms with van der Waals surface area (Å²) in [4.78, 5) is 0. The number of benzene rings is 1. The molecule has 0 heterocycles. The minimum absolute atomic E-state index is 0.303. The Morgan fingerprint density at radius 2 is 2.21 bits per heavy atom. The summed E-state index contributed by atoms with van der Waals surface area (Å²) in [6.45, 7) is 0.660. The second kappa shape index (κ2) is 3.86. The predicted octanol–water partition coefficient (Wildman–Crippen LogP) is 2.59. The quantitative estimate of drug-likeness (QED) is 0.752. The molecular formula is C11H14FNO. The Morgan fingerprint density at radius 3 is 2.86 bits per heavy atom. The molecule has 1 aliphatic carbocycles. The average Bonchev–Trinajstić information content (AvgIpc) is 2.08. The van der Waals surface area contributed by atoms with Gasteiger partial charge in [-0.2, -0.15) is 0 Å². The Bertz CT molecular complexity index is 323. The minimum Gasteiger partial charge on any atom is -0.491 e. The smallest absolute Gasteiger partial charge is 0.145 e. The van der Waals surface area contributed by atoms with Crippen molar-refractivity contribution in [2.45, 2.75) is 19.3 Å². The van der Waals surface area contributed by atoms with Crippen LogP contribution in [0.15, 0.2) is 18.2 Å². The van der Waals surface area contributed by atoms with Gasteiger partial charge in [-0.15, -0.1) is 0 Å². The molecule has 0 unspecified atom stereocenters. The van der Waals surface area contributed by atoms with Crippen LogP contribution < -0.4 is 10.5 Å². The van der Waals surface area contributed by atoms with Gasteiger partial charge in [-0.25, -0.2) is 4.39 Å². The van der Waals surface area contributed by atoms with Crippen LogP contribution in [0.3, 0.4) is 0 Å². The molecule has 76 valence electrons. The van der Waals surface area contributed by atoms with E-state index in [0.29, 0.717) is 24.0 Å². The zero-order valence-corrected chi connectivity index (χ0v) is 8.00. The molecule has 1 aromatic rings. The van der Waals surface area contributed by atoms with Crippen LogP contribution in [0.4, 0.5) is 10.1 Å². The summed E-state index contributed by atoms with van der Waals surface area (Å²) in [6, 6.07) is 4.21. The third-order valence-corrected chi connectivity index (χ3v) is 2.67. The fraction of sp³-hybridized carbons (Fsp3) is 0.455. The van der Waals surface area contributed by atoms with E-state index in [2.05, 4.69) is 0 Å². The molecule has 1 saturated carbocycles. The molecule has 2 rings (SSSR count). The molecule has 3 heteroatoms. The second-order valence-electron chi connectivity index (χ2n) is 3.79. The highest BCUT2D eigenvalue weighted by atomic mass is 19.1. The van der Waals surface area contributed by atoms with Crippen molar-refractivity contribution >= 4 is 5.69 Å². The van der Waals surface area contributed by atoms with Crippen LogP contribution in [0.5, 0.6) is 5.75 Å². The lowest BCUT2D eigenvalue weighted by atomic mass is 9.86. The first-order chi connectivity index (χ1) is 6.75. The van der Waals surface area contributed by atoms with Crippen molar-refractivity contribution in [2.75, 3.05) is 12.3 Å². The van der Waals surface area contributed by atoms with Crippen LogP contribution in [0, 0.1) is 11.7 Å². The number of halogens is 1. The zero-order chi connectivity index (χ0) is 9.97. The summed E-state index contributed by atoms with van der Waals surface area (Å²) in [5, 5.41) is 0. The number of hydrogen-bond donors (Lipinski definition) is 1. The number of nitrogen functional groups attached to an aromatic ring is 1. The Kier molecular flexibility index (Phi) is 2.57. The highest BCUT2D eigenvalue weighted by molar-refractivity contribution is 5.52.